The van der Waals surface area contributed by atoms with Gasteiger partial charge in [-0.3, -0.25) is 0 Å². The summed E-state index contributed by atoms with van der Waals surface area (Å²) < 4.78 is 11.1. The SMILES string of the molecule is O=C(N[C@]12CC1C[C@@H]1CN(C(=O)OCc3ccccc3)C[C@@H]12)OCc1ccc(Cc2ccccc2)cc1. The zero-order chi connectivity index (χ0) is 25.2. The Labute approximate surface area is 217 Å². The number of alkyl carbamates (subject to hydrolysis) is 1. The van der Waals surface area contributed by atoms with Gasteiger partial charge >= 0.3 is 12.2 Å². The molecular weight excluding hydrogens is 464 g/mol. The lowest BCUT2D eigenvalue weighted by molar-refractivity contribution is 0.100. The molecule has 3 aromatic rings. The van der Waals surface area contributed by atoms with Gasteiger partial charge in [0.15, 0.2) is 0 Å². The summed E-state index contributed by atoms with van der Waals surface area (Å²) in [4.78, 5) is 27.2. The molecule has 0 aromatic heterocycles. The highest BCUT2D eigenvalue weighted by Crippen LogP contribution is 2.63. The molecule has 1 aliphatic heterocycles. The summed E-state index contributed by atoms with van der Waals surface area (Å²) in [5.41, 5.74) is 4.20. The monoisotopic (exact) mass is 496 g/mol. The molecule has 1 N–H and O–H groups in total. The Hall–Kier alpha value is -3.80. The largest absolute Gasteiger partial charge is 0.445 e. The van der Waals surface area contributed by atoms with E-state index in [9.17, 15) is 9.59 Å². The van der Waals surface area contributed by atoms with Crippen molar-refractivity contribution in [2.45, 2.75) is 38.0 Å². The Bertz CT molecular complexity index is 1250. The van der Waals surface area contributed by atoms with Gasteiger partial charge in [0.05, 0.1) is 5.54 Å². The number of hydrogen-bond acceptors (Lipinski definition) is 4. The molecule has 3 fully saturated rings. The maximum atomic E-state index is 12.7. The van der Waals surface area contributed by atoms with Gasteiger partial charge in [-0.05, 0) is 53.4 Å². The number of hydrogen-bond donors (Lipinski definition) is 1. The molecule has 6 rings (SSSR count). The van der Waals surface area contributed by atoms with Gasteiger partial charge in [0, 0.05) is 19.0 Å². The molecule has 1 heterocycles. The van der Waals surface area contributed by atoms with Gasteiger partial charge in [-0.25, -0.2) is 9.59 Å². The summed E-state index contributed by atoms with van der Waals surface area (Å²) in [6.07, 6.45) is 2.23. The Morgan fingerprint density at radius 1 is 0.784 bits per heavy atom. The molecule has 6 heteroatoms. The van der Waals surface area contributed by atoms with E-state index in [1.54, 1.807) is 4.90 Å². The summed E-state index contributed by atoms with van der Waals surface area (Å²) >= 11 is 0. The van der Waals surface area contributed by atoms with Crippen LogP contribution in [0, 0.1) is 17.8 Å². The highest BCUT2D eigenvalue weighted by Gasteiger charge is 2.69. The first kappa shape index (κ1) is 23.6. The van der Waals surface area contributed by atoms with Gasteiger partial charge in [0.2, 0.25) is 0 Å². The third-order valence-electron chi connectivity index (χ3n) is 8.28. The third-order valence-corrected chi connectivity index (χ3v) is 8.28. The van der Waals surface area contributed by atoms with Crippen LogP contribution >= 0.6 is 0 Å². The van der Waals surface area contributed by atoms with Crippen LogP contribution in [-0.2, 0) is 29.1 Å². The fourth-order valence-electron chi connectivity index (χ4n) is 6.32. The van der Waals surface area contributed by atoms with Gasteiger partial charge in [0.25, 0.3) is 0 Å². The van der Waals surface area contributed by atoms with Crippen LogP contribution in [0.25, 0.3) is 0 Å². The first-order valence-electron chi connectivity index (χ1n) is 13.1. The number of amides is 2. The number of carbonyl (C=O) groups excluding carboxylic acids is 2. The quantitative estimate of drug-likeness (QED) is 0.466. The maximum absolute atomic E-state index is 12.7. The van der Waals surface area contributed by atoms with Crippen LogP contribution in [0.5, 0.6) is 0 Å². The van der Waals surface area contributed by atoms with Crippen LogP contribution in [-0.4, -0.2) is 35.7 Å². The van der Waals surface area contributed by atoms with Crippen LogP contribution in [0.1, 0.15) is 35.1 Å². The van der Waals surface area contributed by atoms with Crippen molar-refractivity contribution in [2.75, 3.05) is 13.1 Å². The lowest BCUT2D eigenvalue weighted by Crippen LogP contribution is -2.44. The Balaban J connectivity index is 0.983. The summed E-state index contributed by atoms with van der Waals surface area (Å²) in [6.45, 7) is 1.84. The van der Waals surface area contributed by atoms with E-state index < -0.39 is 0 Å². The second-order valence-corrected chi connectivity index (χ2v) is 10.7. The standard InChI is InChI=1S/C31H32N2O4/c34-29(36-20-25-13-11-23(12-14-25)15-22-7-3-1-4-8-22)32-31-17-27(31)16-26-18-33(19-28(26)31)30(35)37-21-24-9-5-2-6-10-24/h1-14,26-28H,15-21H2,(H,32,34)/t26-,27?,28+,31-/m1/s1. The predicted molar refractivity (Wildman–Crippen MR) is 140 cm³/mol. The summed E-state index contributed by atoms with van der Waals surface area (Å²) in [7, 11) is 0. The van der Waals surface area contributed by atoms with E-state index in [0.717, 1.165) is 30.4 Å². The van der Waals surface area contributed by atoms with E-state index in [2.05, 4.69) is 29.6 Å². The zero-order valence-electron chi connectivity index (χ0n) is 20.8. The Morgan fingerprint density at radius 3 is 2.11 bits per heavy atom. The minimum absolute atomic E-state index is 0.240. The maximum Gasteiger partial charge on any atom is 0.410 e. The van der Waals surface area contributed by atoms with Crippen molar-refractivity contribution in [1.82, 2.24) is 10.2 Å². The van der Waals surface area contributed by atoms with Crippen molar-refractivity contribution in [3.8, 4) is 0 Å². The summed E-state index contributed by atoms with van der Waals surface area (Å²) in [6, 6.07) is 28.3. The molecule has 4 atom stereocenters. The molecule has 0 spiro atoms. The molecule has 6 nitrogen and oxygen atoms in total. The number of ether oxygens (including phenoxy) is 2. The number of nitrogens with zero attached hydrogens (tertiary/aromatic N) is 1. The van der Waals surface area contributed by atoms with Gasteiger partial charge in [-0.2, -0.15) is 0 Å². The van der Waals surface area contributed by atoms with E-state index in [4.69, 9.17) is 9.47 Å². The van der Waals surface area contributed by atoms with Gasteiger partial charge in [-0.15, -0.1) is 0 Å². The average Bonchev–Trinajstić information content (AvgIpc) is 3.28. The molecule has 3 aromatic carbocycles. The first-order chi connectivity index (χ1) is 18.1. The second-order valence-electron chi connectivity index (χ2n) is 10.7. The normalized spacial score (nSPS) is 25.2. The Morgan fingerprint density at radius 2 is 1.38 bits per heavy atom. The van der Waals surface area contributed by atoms with Crippen molar-refractivity contribution >= 4 is 12.2 Å². The molecule has 2 amide bonds. The van der Waals surface area contributed by atoms with Crippen molar-refractivity contribution in [1.29, 1.82) is 0 Å². The van der Waals surface area contributed by atoms with Crippen molar-refractivity contribution in [3.05, 3.63) is 107 Å². The number of carbonyl (C=O) groups is 2. The van der Waals surface area contributed by atoms with Crippen molar-refractivity contribution < 1.29 is 19.1 Å². The number of nitrogens with one attached hydrogen (secondary N) is 1. The number of likely N-dealkylation sites (tertiary alicyclic amines) is 1. The number of fused-ring (bicyclic) bond motifs is 3. The van der Waals surface area contributed by atoms with Crippen LogP contribution in [0.15, 0.2) is 84.9 Å². The average molecular weight is 497 g/mol. The molecule has 1 saturated heterocycles. The van der Waals surface area contributed by atoms with E-state index in [0.29, 0.717) is 24.9 Å². The van der Waals surface area contributed by atoms with Crippen LogP contribution < -0.4 is 5.32 Å². The van der Waals surface area contributed by atoms with E-state index in [1.165, 1.54) is 11.1 Å². The van der Waals surface area contributed by atoms with E-state index in [-0.39, 0.29) is 36.9 Å². The topological polar surface area (TPSA) is 67.9 Å². The Kier molecular flexibility index (Phi) is 6.33. The minimum atomic E-state index is -0.374. The fraction of sp³-hybridized carbons (Fsp3) is 0.355. The minimum Gasteiger partial charge on any atom is -0.445 e. The van der Waals surface area contributed by atoms with Gasteiger partial charge < -0.3 is 19.7 Å². The number of benzene rings is 3. The van der Waals surface area contributed by atoms with Crippen LogP contribution in [0.3, 0.4) is 0 Å². The zero-order valence-corrected chi connectivity index (χ0v) is 20.8. The van der Waals surface area contributed by atoms with Crippen LogP contribution in [0.4, 0.5) is 9.59 Å². The highest BCUT2D eigenvalue weighted by molar-refractivity contribution is 5.70. The molecule has 0 bridgehead atoms. The fourth-order valence-corrected chi connectivity index (χ4v) is 6.32. The predicted octanol–water partition coefficient (Wildman–Crippen LogP) is 5.55. The molecule has 0 radical (unpaired) electrons. The molecule has 3 aliphatic rings. The summed E-state index contributed by atoms with van der Waals surface area (Å²) in [5, 5.41) is 3.19. The lowest BCUT2D eigenvalue weighted by atomic mass is 9.91. The molecule has 190 valence electrons. The first-order valence-corrected chi connectivity index (χ1v) is 13.1. The smallest absolute Gasteiger partial charge is 0.410 e. The van der Waals surface area contributed by atoms with E-state index in [1.807, 2.05) is 60.7 Å². The van der Waals surface area contributed by atoms with Crippen molar-refractivity contribution in [3.63, 3.8) is 0 Å². The number of rotatable bonds is 7. The third kappa shape index (κ3) is 5.06. The van der Waals surface area contributed by atoms with Crippen molar-refractivity contribution in [2.24, 2.45) is 17.8 Å². The second kappa shape index (κ2) is 9.92. The molecular formula is C31H32N2O4. The molecule has 2 aliphatic carbocycles. The van der Waals surface area contributed by atoms with Crippen LogP contribution in [0.2, 0.25) is 0 Å². The lowest BCUT2D eigenvalue weighted by Gasteiger charge is -2.24. The molecule has 1 unspecified atom stereocenters. The highest BCUT2D eigenvalue weighted by atomic mass is 16.6. The van der Waals surface area contributed by atoms with Gasteiger partial charge in [-0.1, -0.05) is 84.9 Å². The molecule has 37 heavy (non-hydrogen) atoms. The molecule has 2 saturated carbocycles. The summed E-state index contributed by atoms with van der Waals surface area (Å²) in [5.74, 6) is 1.14. The van der Waals surface area contributed by atoms with Gasteiger partial charge in [0.1, 0.15) is 13.2 Å². The van der Waals surface area contributed by atoms with E-state index >= 15 is 0 Å².